The van der Waals surface area contributed by atoms with Crippen molar-refractivity contribution in [3.05, 3.63) is 60.2 Å². The molecule has 2 fully saturated rings. The first-order valence-electron chi connectivity index (χ1n) is 8.91. The Balaban J connectivity index is 1.43. The van der Waals surface area contributed by atoms with Crippen LogP contribution in [0.2, 0.25) is 0 Å². The summed E-state index contributed by atoms with van der Waals surface area (Å²) in [5.74, 6) is 0.176. The van der Waals surface area contributed by atoms with Gasteiger partial charge in [0.15, 0.2) is 0 Å². The Morgan fingerprint density at radius 3 is 2.17 bits per heavy atom. The van der Waals surface area contributed by atoms with Gasteiger partial charge in [-0.15, -0.1) is 0 Å². The van der Waals surface area contributed by atoms with Crippen molar-refractivity contribution in [2.75, 3.05) is 26.2 Å². The maximum Gasteiger partial charge on any atom is 0.253 e. The predicted octanol–water partition coefficient (Wildman–Crippen LogP) is 3.57. The monoisotopic (exact) mass is 320 g/mol. The molecule has 2 aliphatic rings. The van der Waals surface area contributed by atoms with E-state index in [0.717, 1.165) is 50.1 Å². The van der Waals surface area contributed by atoms with Crippen molar-refractivity contribution in [1.82, 2.24) is 10.2 Å². The lowest BCUT2D eigenvalue weighted by Gasteiger charge is -2.38. The molecular weight excluding hydrogens is 296 g/mol. The molecule has 3 heteroatoms. The number of nitrogens with one attached hydrogen (secondary N) is 1. The average Bonchev–Trinajstić information content (AvgIpc) is 3.11. The molecule has 2 heterocycles. The van der Waals surface area contributed by atoms with E-state index >= 15 is 0 Å². The van der Waals surface area contributed by atoms with Crippen molar-refractivity contribution in [3.8, 4) is 11.1 Å². The average molecular weight is 320 g/mol. The minimum Gasteiger partial charge on any atom is -0.339 e. The Hall–Kier alpha value is -2.13. The second kappa shape index (κ2) is 6.40. The molecule has 2 aliphatic heterocycles. The van der Waals surface area contributed by atoms with Gasteiger partial charge in [0.2, 0.25) is 0 Å². The lowest BCUT2D eigenvalue weighted by atomic mass is 9.78. The highest BCUT2D eigenvalue weighted by atomic mass is 16.2. The topological polar surface area (TPSA) is 32.3 Å². The maximum absolute atomic E-state index is 12.8. The molecule has 2 aromatic rings. The molecule has 0 aromatic heterocycles. The van der Waals surface area contributed by atoms with E-state index in [1.54, 1.807) is 0 Å². The van der Waals surface area contributed by atoms with Crippen molar-refractivity contribution in [2.24, 2.45) is 5.41 Å². The molecule has 3 nitrogen and oxygen atoms in total. The summed E-state index contributed by atoms with van der Waals surface area (Å²) in [6.07, 6.45) is 3.53. The molecule has 1 amide bonds. The summed E-state index contributed by atoms with van der Waals surface area (Å²) in [6.45, 7) is 4.04. The molecule has 2 aromatic carbocycles. The zero-order chi connectivity index (χ0) is 16.4. The number of hydrogen-bond acceptors (Lipinski definition) is 2. The molecule has 0 saturated carbocycles. The van der Waals surface area contributed by atoms with E-state index in [4.69, 9.17) is 0 Å². The fourth-order valence-corrected chi connectivity index (χ4v) is 4.02. The lowest BCUT2D eigenvalue weighted by molar-refractivity contribution is 0.0607. The molecule has 24 heavy (non-hydrogen) atoms. The Morgan fingerprint density at radius 2 is 1.54 bits per heavy atom. The molecule has 2 saturated heterocycles. The first kappa shape index (κ1) is 15.4. The summed E-state index contributed by atoms with van der Waals surface area (Å²) >= 11 is 0. The second-order valence-corrected chi connectivity index (χ2v) is 7.16. The first-order valence-corrected chi connectivity index (χ1v) is 8.91. The number of amides is 1. The van der Waals surface area contributed by atoms with E-state index in [9.17, 15) is 4.79 Å². The summed E-state index contributed by atoms with van der Waals surface area (Å²) in [4.78, 5) is 14.8. The molecule has 0 bridgehead atoms. The van der Waals surface area contributed by atoms with E-state index in [2.05, 4.69) is 29.6 Å². The highest BCUT2D eigenvalue weighted by Gasteiger charge is 2.38. The van der Waals surface area contributed by atoms with Crippen LogP contribution in [0.25, 0.3) is 11.1 Å². The zero-order valence-electron chi connectivity index (χ0n) is 14.0. The third-order valence-electron chi connectivity index (χ3n) is 5.68. The minimum absolute atomic E-state index is 0.176. The molecule has 0 atom stereocenters. The van der Waals surface area contributed by atoms with Crippen molar-refractivity contribution >= 4 is 5.91 Å². The lowest BCUT2D eigenvalue weighted by Crippen LogP contribution is -2.44. The van der Waals surface area contributed by atoms with E-state index < -0.39 is 0 Å². The van der Waals surface area contributed by atoms with Gasteiger partial charge in [-0.25, -0.2) is 0 Å². The fraction of sp³-hybridized carbons (Fsp3) is 0.381. The summed E-state index contributed by atoms with van der Waals surface area (Å²) in [7, 11) is 0. The van der Waals surface area contributed by atoms with Crippen molar-refractivity contribution in [1.29, 1.82) is 0 Å². The summed E-state index contributed by atoms with van der Waals surface area (Å²) in [6, 6.07) is 18.3. The van der Waals surface area contributed by atoms with Crippen LogP contribution in [0.4, 0.5) is 0 Å². The number of carbonyl (C=O) groups excluding carboxylic acids is 1. The number of hydrogen-bond donors (Lipinski definition) is 1. The zero-order valence-corrected chi connectivity index (χ0v) is 14.0. The molecular formula is C21H24N2O. The van der Waals surface area contributed by atoms with Gasteiger partial charge in [-0.05, 0) is 54.5 Å². The van der Waals surface area contributed by atoms with E-state index in [-0.39, 0.29) is 5.91 Å². The van der Waals surface area contributed by atoms with Gasteiger partial charge >= 0.3 is 0 Å². The van der Waals surface area contributed by atoms with Crippen LogP contribution in [-0.2, 0) is 0 Å². The number of piperidine rings is 1. The molecule has 1 N–H and O–H groups in total. The molecule has 0 aliphatic carbocycles. The van der Waals surface area contributed by atoms with Gasteiger partial charge in [-0.3, -0.25) is 4.79 Å². The number of likely N-dealkylation sites (tertiary alicyclic amines) is 1. The van der Waals surface area contributed by atoms with Crippen LogP contribution < -0.4 is 5.32 Å². The van der Waals surface area contributed by atoms with Crippen LogP contribution in [-0.4, -0.2) is 37.0 Å². The van der Waals surface area contributed by atoms with Gasteiger partial charge in [-0.2, -0.15) is 0 Å². The SMILES string of the molecule is O=C(c1ccc(-c2ccccc2)cc1)N1CCC2(CCNC2)CC1. The highest BCUT2D eigenvalue weighted by molar-refractivity contribution is 5.94. The number of nitrogens with zero attached hydrogens (tertiary/aromatic N) is 1. The van der Waals surface area contributed by atoms with Crippen LogP contribution in [0.3, 0.4) is 0 Å². The predicted molar refractivity (Wildman–Crippen MR) is 96.9 cm³/mol. The van der Waals surface area contributed by atoms with Crippen LogP contribution in [0.15, 0.2) is 54.6 Å². The second-order valence-electron chi connectivity index (χ2n) is 7.16. The fourth-order valence-electron chi connectivity index (χ4n) is 4.02. The summed E-state index contributed by atoms with van der Waals surface area (Å²) in [5, 5.41) is 3.48. The highest BCUT2D eigenvalue weighted by Crippen LogP contribution is 2.37. The molecule has 0 radical (unpaired) electrons. The quantitative estimate of drug-likeness (QED) is 0.917. The largest absolute Gasteiger partial charge is 0.339 e. The number of rotatable bonds is 2. The van der Waals surface area contributed by atoms with Crippen LogP contribution in [0.5, 0.6) is 0 Å². The first-order chi connectivity index (χ1) is 11.8. The van der Waals surface area contributed by atoms with Crippen molar-refractivity contribution < 1.29 is 4.79 Å². The van der Waals surface area contributed by atoms with Gasteiger partial charge in [0.05, 0.1) is 0 Å². The maximum atomic E-state index is 12.8. The van der Waals surface area contributed by atoms with Crippen LogP contribution in [0, 0.1) is 5.41 Å². The number of carbonyl (C=O) groups is 1. The standard InChI is InChI=1S/C21H24N2O/c24-20(23-14-11-21(12-15-23)10-13-22-16-21)19-8-6-18(7-9-19)17-4-2-1-3-5-17/h1-9,22H,10-16H2. The summed E-state index contributed by atoms with van der Waals surface area (Å²) < 4.78 is 0. The van der Waals surface area contributed by atoms with E-state index in [0.29, 0.717) is 5.41 Å². The minimum atomic E-state index is 0.176. The molecule has 0 unspecified atom stereocenters. The Bertz CT molecular complexity index is 692. The molecule has 1 spiro atoms. The third kappa shape index (κ3) is 2.96. The van der Waals surface area contributed by atoms with E-state index in [1.165, 1.54) is 12.0 Å². The van der Waals surface area contributed by atoms with Gasteiger partial charge in [0, 0.05) is 25.2 Å². The van der Waals surface area contributed by atoms with E-state index in [1.807, 2.05) is 35.2 Å². The molecule has 124 valence electrons. The van der Waals surface area contributed by atoms with Gasteiger partial charge in [0.25, 0.3) is 5.91 Å². The normalized spacial score (nSPS) is 19.6. The Kier molecular flexibility index (Phi) is 4.11. The van der Waals surface area contributed by atoms with Crippen LogP contribution in [0.1, 0.15) is 29.6 Å². The summed E-state index contributed by atoms with van der Waals surface area (Å²) in [5.41, 5.74) is 3.59. The molecule has 4 rings (SSSR count). The van der Waals surface area contributed by atoms with Crippen molar-refractivity contribution in [2.45, 2.75) is 19.3 Å². The smallest absolute Gasteiger partial charge is 0.253 e. The third-order valence-corrected chi connectivity index (χ3v) is 5.68. The van der Waals surface area contributed by atoms with Gasteiger partial charge in [0.1, 0.15) is 0 Å². The van der Waals surface area contributed by atoms with Crippen molar-refractivity contribution in [3.63, 3.8) is 0 Å². The van der Waals surface area contributed by atoms with Gasteiger partial charge < -0.3 is 10.2 Å². The van der Waals surface area contributed by atoms with Crippen LogP contribution >= 0.6 is 0 Å². The number of benzene rings is 2. The Morgan fingerprint density at radius 1 is 0.875 bits per heavy atom. The Labute approximate surface area is 143 Å². The van der Waals surface area contributed by atoms with Gasteiger partial charge in [-0.1, -0.05) is 42.5 Å².